The highest BCUT2D eigenvalue weighted by atomic mass is 35.5. The van der Waals surface area contributed by atoms with Crippen LogP contribution in [0.2, 0.25) is 10.0 Å². The number of primary sulfonamides is 2. The molecule has 4 N–H and O–H groups in total. The summed E-state index contributed by atoms with van der Waals surface area (Å²) in [6.07, 6.45) is 0. The molecule has 2 rings (SSSR count). The van der Waals surface area contributed by atoms with Crippen LogP contribution in [-0.4, -0.2) is 16.8 Å². The van der Waals surface area contributed by atoms with Crippen molar-refractivity contribution in [3.8, 4) is 11.1 Å². The summed E-state index contributed by atoms with van der Waals surface area (Å²) >= 11 is 12.0. The summed E-state index contributed by atoms with van der Waals surface area (Å²) in [6, 6.07) is 8.34. The summed E-state index contributed by atoms with van der Waals surface area (Å²) in [5.41, 5.74) is 0.432. The lowest BCUT2D eigenvalue weighted by molar-refractivity contribution is 0.596. The van der Waals surface area contributed by atoms with Crippen LogP contribution in [0.5, 0.6) is 0 Å². The topological polar surface area (TPSA) is 120 Å². The maximum absolute atomic E-state index is 11.6. The Balaban J connectivity index is 2.80. The quantitative estimate of drug-likeness (QED) is 0.844. The minimum atomic E-state index is -4.05. The third-order valence-electron chi connectivity index (χ3n) is 2.84. The van der Waals surface area contributed by atoms with Gasteiger partial charge in [0.15, 0.2) is 0 Å². The number of hydrogen-bond acceptors (Lipinski definition) is 4. The van der Waals surface area contributed by atoms with Crippen molar-refractivity contribution in [1.29, 1.82) is 0 Å². The molecule has 0 atom stereocenters. The third kappa shape index (κ3) is 3.27. The van der Waals surface area contributed by atoms with Crippen molar-refractivity contribution in [3.05, 3.63) is 46.4 Å². The lowest BCUT2D eigenvalue weighted by Gasteiger charge is -2.12. The van der Waals surface area contributed by atoms with Crippen molar-refractivity contribution in [2.75, 3.05) is 0 Å². The molecule has 0 amide bonds. The van der Waals surface area contributed by atoms with Gasteiger partial charge in [-0.3, -0.25) is 0 Å². The molecule has 0 bridgehead atoms. The van der Waals surface area contributed by atoms with Gasteiger partial charge < -0.3 is 0 Å². The number of rotatable bonds is 3. The molecule has 0 radical (unpaired) electrons. The molecule has 2 aromatic carbocycles. The van der Waals surface area contributed by atoms with E-state index in [2.05, 4.69) is 0 Å². The fraction of sp³-hybridized carbons (Fsp3) is 0. The van der Waals surface area contributed by atoms with Gasteiger partial charge >= 0.3 is 0 Å². The Morgan fingerprint density at radius 3 is 1.77 bits per heavy atom. The molecule has 0 heterocycles. The summed E-state index contributed by atoms with van der Waals surface area (Å²) in [5, 5.41) is 9.77. The van der Waals surface area contributed by atoms with Gasteiger partial charge in [0.05, 0.1) is 14.9 Å². The van der Waals surface area contributed by atoms with Gasteiger partial charge in [-0.25, -0.2) is 27.1 Å². The fourth-order valence-electron chi connectivity index (χ4n) is 1.90. The molecule has 10 heteroatoms. The second-order valence-corrected chi connectivity index (χ2v) is 8.14. The van der Waals surface area contributed by atoms with E-state index in [1.165, 1.54) is 24.3 Å². The van der Waals surface area contributed by atoms with Gasteiger partial charge in [-0.15, -0.1) is 0 Å². The Labute approximate surface area is 137 Å². The predicted octanol–water partition coefficient (Wildman–Crippen LogP) is 1.96. The van der Waals surface area contributed by atoms with Crippen molar-refractivity contribution in [2.45, 2.75) is 9.79 Å². The molecule has 0 unspecified atom stereocenters. The summed E-state index contributed by atoms with van der Waals surface area (Å²) in [7, 11) is -8.05. The molecule has 0 saturated heterocycles. The van der Waals surface area contributed by atoms with Crippen LogP contribution in [0.15, 0.2) is 46.2 Å². The van der Waals surface area contributed by atoms with Crippen molar-refractivity contribution in [3.63, 3.8) is 0 Å². The van der Waals surface area contributed by atoms with Gasteiger partial charge in [-0.05, 0) is 12.1 Å². The van der Waals surface area contributed by atoms with E-state index in [0.29, 0.717) is 0 Å². The highest BCUT2D eigenvalue weighted by Crippen LogP contribution is 2.39. The first kappa shape index (κ1) is 17.2. The Morgan fingerprint density at radius 1 is 0.682 bits per heavy atom. The molecular formula is C12H10Cl2N2O4S2. The van der Waals surface area contributed by atoms with Crippen molar-refractivity contribution in [1.82, 2.24) is 0 Å². The summed E-state index contributed by atoms with van der Waals surface area (Å²) in [4.78, 5) is -0.507. The second kappa shape index (κ2) is 5.80. The van der Waals surface area contributed by atoms with Crippen LogP contribution in [0.4, 0.5) is 0 Å². The van der Waals surface area contributed by atoms with Crippen LogP contribution >= 0.6 is 23.2 Å². The molecule has 0 aromatic heterocycles. The van der Waals surface area contributed by atoms with Gasteiger partial charge in [-0.1, -0.05) is 47.5 Å². The van der Waals surface area contributed by atoms with Gasteiger partial charge in [0, 0.05) is 11.1 Å². The molecule has 118 valence electrons. The lowest BCUT2D eigenvalue weighted by Crippen LogP contribution is -2.14. The fourth-order valence-corrected chi connectivity index (χ4v) is 4.07. The molecule has 0 spiro atoms. The van der Waals surface area contributed by atoms with E-state index in [1.54, 1.807) is 6.07 Å². The van der Waals surface area contributed by atoms with E-state index in [0.717, 1.165) is 6.07 Å². The van der Waals surface area contributed by atoms with Crippen LogP contribution in [0.3, 0.4) is 0 Å². The molecule has 6 nitrogen and oxygen atoms in total. The summed E-state index contributed by atoms with van der Waals surface area (Å²) in [6.45, 7) is 0. The van der Waals surface area contributed by atoms with Crippen LogP contribution in [0, 0.1) is 0 Å². The maximum atomic E-state index is 11.6. The van der Waals surface area contributed by atoms with E-state index in [-0.39, 0.29) is 31.0 Å². The first-order valence-corrected chi connectivity index (χ1v) is 9.51. The maximum Gasteiger partial charge on any atom is 0.239 e. The van der Waals surface area contributed by atoms with Crippen LogP contribution < -0.4 is 10.3 Å². The second-order valence-electron chi connectivity index (χ2n) is 4.33. The number of hydrogen-bond donors (Lipinski definition) is 2. The number of sulfonamides is 2. The molecule has 22 heavy (non-hydrogen) atoms. The Hall–Kier alpha value is -1.16. The normalized spacial score (nSPS) is 12.4. The SMILES string of the molecule is NS(=O)(=O)c1ccccc1-c1ccc(S(N)(=O)=O)c(Cl)c1Cl. The molecular weight excluding hydrogens is 371 g/mol. The zero-order chi connectivity index (χ0) is 16.7. The minimum absolute atomic E-state index is 0.135. The van der Waals surface area contributed by atoms with Crippen molar-refractivity contribution < 1.29 is 16.8 Å². The lowest BCUT2D eigenvalue weighted by atomic mass is 10.1. The van der Waals surface area contributed by atoms with Gasteiger partial charge in [0.1, 0.15) is 4.90 Å². The highest BCUT2D eigenvalue weighted by Gasteiger charge is 2.22. The first-order valence-electron chi connectivity index (χ1n) is 5.66. The van der Waals surface area contributed by atoms with Crippen LogP contribution in [-0.2, 0) is 20.0 Å². The monoisotopic (exact) mass is 380 g/mol. The third-order valence-corrected chi connectivity index (χ3v) is 5.75. The number of nitrogens with two attached hydrogens (primary N) is 2. The molecule has 0 saturated carbocycles. The smallest absolute Gasteiger partial charge is 0.225 e. The summed E-state index contributed by atoms with van der Waals surface area (Å²) < 4.78 is 46.1. The predicted molar refractivity (Wildman–Crippen MR) is 84.6 cm³/mol. The van der Waals surface area contributed by atoms with E-state index < -0.39 is 20.0 Å². The van der Waals surface area contributed by atoms with Gasteiger partial charge in [0.25, 0.3) is 0 Å². The zero-order valence-electron chi connectivity index (χ0n) is 10.8. The van der Waals surface area contributed by atoms with E-state index in [1.807, 2.05) is 0 Å². The average Bonchev–Trinajstić information content (AvgIpc) is 2.39. The zero-order valence-corrected chi connectivity index (χ0v) is 14.0. The number of benzene rings is 2. The minimum Gasteiger partial charge on any atom is -0.225 e. The largest absolute Gasteiger partial charge is 0.239 e. The number of halogens is 2. The summed E-state index contributed by atoms with van der Waals surface area (Å²) in [5.74, 6) is 0. The Kier molecular flexibility index (Phi) is 4.54. The Bertz CT molecular complexity index is 957. The molecule has 0 aliphatic heterocycles. The standard InChI is InChI=1S/C12H10Cl2N2O4S2/c13-11-8(5-6-10(12(11)14)22(16,19)20)7-3-1-2-4-9(7)21(15,17)18/h1-6H,(H2,15,17,18)(H2,16,19,20). The molecule has 2 aromatic rings. The van der Waals surface area contributed by atoms with E-state index >= 15 is 0 Å². The van der Waals surface area contributed by atoms with Crippen LogP contribution in [0.1, 0.15) is 0 Å². The first-order chi connectivity index (χ1) is 10.0. The van der Waals surface area contributed by atoms with Crippen molar-refractivity contribution in [2.24, 2.45) is 10.3 Å². The van der Waals surface area contributed by atoms with Crippen LogP contribution in [0.25, 0.3) is 11.1 Å². The van der Waals surface area contributed by atoms with Gasteiger partial charge in [-0.2, -0.15) is 0 Å². The molecule has 0 fully saturated rings. The molecule has 0 aliphatic carbocycles. The van der Waals surface area contributed by atoms with E-state index in [9.17, 15) is 16.8 Å². The van der Waals surface area contributed by atoms with Gasteiger partial charge in [0.2, 0.25) is 20.0 Å². The van der Waals surface area contributed by atoms with Crippen molar-refractivity contribution >= 4 is 43.2 Å². The van der Waals surface area contributed by atoms with E-state index in [4.69, 9.17) is 33.5 Å². The molecule has 0 aliphatic rings. The highest BCUT2D eigenvalue weighted by molar-refractivity contribution is 7.89. The average molecular weight is 381 g/mol. The Morgan fingerprint density at radius 2 is 1.23 bits per heavy atom.